The van der Waals surface area contributed by atoms with Crippen LogP contribution >= 0.6 is 0 Å². The zero-order valence-corrected chi connectivity index (χ0v) is 13.8. The minimum absolute atomic E-state index is 0.00894. The van der Waals surface area contributed by atoms with E-state index < -0.39 is 0 Å². The van der Waals surface area contributed by atoms with E-state index in [0.29, 0.717) is 6.42 Å². The zero-order valence-electron chi connectivity index (χ0n) is 13.8. The van der Waals surface area contributed by atoms with E-state index in [1.165, 1.54) is 5.56 Å². The standard InChI is InChI=1S/C20H22N2O2/c1-14-2-4-15(5-3-14)6-13-19(23)21-17-9-11-18(12-10-17)22-20(24)16-7-8-16/h2-5,9-12,16H,6-8,13H2,1H3,(H,21,23)(H,22,24). The number of benzene rings is 2. The highest BCUT2D eigenvalue weighted by Crippen LogP contribution is 2.30. The Bertz CT molecular complexity index is 716. The molecule has 0 aromatic heterocycles. The van der Waals surface area contributed by atoms with Gasteiger partial charge in [-0.05, 0) is 56.0 Å². The number of nitrogens with one attached hydrogen (secondary N) is 2. The van der Waals surface area contributed by atoms with Crippen LogP contribution < -0.4 is 10.6 Å². The predicted octanol–water partition coefficient (Wildman–Crippen LogP) is 3.91. The number of anilines is 2. The van der Waals surface area contributed by atoms with Crippen molar-refractivity contribution in [1.82, 2.24) is 0 Å². The molecule has 4 heteroatoms. The summed E-state index contributed by atoms with van der Waals surface area (Å²) in [4.78, 5) is 23.7. The first-order valence-corrected chi connectivity index (χ1v) is 8.36. The van der Waals surface area contributed by atoms with Gasteiger partial charge in [0.05, 0.1) is 0 Å². The van der Waals surface area contributed by atoms with Gasteiger partial charge in [0.2, 0.25) is 11.8 Å². The van der Waals surface area contributed by atoms with Crippen LogP contribution in [-0.4, -0.2) is 11.8 Å². The molecule has 1 aliphatic rings. The maximum Gasteiger partial charge on any atom is 0.227 e. The van der Waals surface area contributed by atoms with E-state index in [0.717, 1.165) is 36.2 Å². The highest BCUT2D eigenvalue weighted by Gasteiger charge is 2.29. The summed E-state index contributed by atoms with van der Waals surface area (Å²) in [7, 11) is 0. The number of carbonyl (C=O) groups is 2. The minimum atomic E-state index is -0.00894. The van der Waals surface area contributed by atoms with Gasteiger partial charge >= 0.3 is 0 Å². The monoisotopic (exact) mass is 322 g/mol. The quantitative estimate of drug-likeness (QED) is 0.847. The lowest BCUT2D eigenvalue weighted by Gasteiger charge is -2.08. The zero-order chi connectivity index (χ0) is 16.9. The third-order valence-electron chi connectivity index (χ3n) is 4.15. The number of carbonyl (C=O) groups excluding carboxylic acids is 2. The SMILES string of the molecule is Cc1ccc(CCC(=O)Nc2ccc(NC(=O)C3CC3)cc2)cc1. The second kappa shape index (κ2) is 7.30. The third-order valence-corrected chi connectivity index (χ3v) is 4.15. The second-order valence-corrected chi connectivity index (χ2v) is 6.37. The fourth-order valence-electron chi connectivity index (χ4n) is 2.46. The van der Waals surface area contributed by atoms with Gasteiger partial charge in [0.15, 0.2) is 0 Å². The van der Waals surface area contributed by atoms with Crippen molar-refractivity contribution in [2.75, 3.05) is 10.6 Å². The Morgan fingerprint density at radius 3 is 2.08 bits per heavy atom. The Hall–Kier alpha value is -2.62. The molecular formula is C20H22N2O2. The van der Waals surface area contributed by atoms with E-state index >= 15 is 0 Å². The Morgan fingerprint density at radius 2 is 1.50 bits per heavy atom. The van der Waals surface area contributed by atoms with Gasteiger partial charge in [-0.15, -0.1) is 0 Å². The molecule has 0 radical (unpaired) electrons. The molecule has 4 nitrogen and oxygen atoms in total. The molecule has 2 amide bonds. The molecule has 1 saturated carbocycles. The average molecular weight is 322 g/mol. The van der Waals surface area contributed by atoms with E-state index in [-0.39, 0.29) is 17.7 Å². The van der Waals surface area contributed by atoms with Crippen LogP contribution in [0.1, 0.15) is 30.4 Å². The van der Waals surface area contributed by atoms with Crippen molar-refractivity contribution in [2.24, 2.45) is 5.92 Å². The topological polar surface area (TPSA) is 58.2 Å². The van der Waals surface area contributed by atoms with E-state index in [9.17, 15) is 9.59 Å². The normalized spacial score (nSPS) is 13.4. The molecule has 0 spiro atoms. The summed E-state index contributed by atoms with van der Waals surface area (Å²) < 4.78 is 0. The van der Waals surface area contributed by atoms with Gasteiger partial charge < -0.3 is 10.6 Å². The van der Waals surface area contributed by atoms with Crippen LogP contribution in [0.3, 0.4) is 0 Å². The molecule has 24 heavy (non-hydrogen) atoms. The van der Waals surface area contributed by atoms with Crippen molar-refractivity contribution in [1.29, 1.82) is 0 Å². The number of aryl methyl sites for hydroxylation is 2. The first-order valence-electron chi connectivity index (χ1n) is 8.36. The molecule has 124 valence electrons. The summed E-state index contributed by atoms with van der Waals surface area (Å²) in [6.07, 6.45) is 3.15. The minimum Gasteiger partial charge on any atom is -0.326 e. The highest BCUT2D eigenvalue weighted by molar-refractivity contribution is 5.95. The lowest BCUT2D eigenvalue weighted by molar-refractivity contribution is -0.117. The molecule has 2 aromatic carbocycles. The fraction of sp³-hybridized carbons (Fsp3) is 0.300. The molecule has 1 aliphatic carbocycles. The molecular weight excluding hydrogens is 300 g/mol. The molecule has 2 aromatic rings. The Labute approximate surface area is 142 Å². The van der Waals surface area contributed by atoms with Gasteiger partial charge in [0, 0.05) is 23.7 Å². The van der Waals surface area contributed by atoms with Gasteiger partial charge in [0.1, 0.15) is 0 Å². The van der Waals surface area contributed by atoms with E-state index in [1.54, 1.807) is 0 Å². The van der Waals surface area contributed by atoms with Crippen molar-refractivity contribution < 1.29 is 9.59 Å². The van der Waals surface area contributed by atoms with Crippen molar-refractivity contribution in [3.05, 3.63) is 59.7 Å². The summed E-state index contributed by atoms with van der Waals surface area (Å²) in [5.74, 6) is 0.265. The Kier molecular flexibility index (Phi) is 4.94. The van der Waals surface area contributed by atoms with Crippen molar-refractivity contribution in [3.63, 3.8) is 0 Å². The molecule has 0 atom stereocenters. The summed E-state index contributed by atoms with van der Waals surface area (Å²) >= 11 is 0. The average Bonchev–Trinajstić information content (AvgIpc) is 3.41. The van der Waals surface area contributed by atoms with Crippen molar-refractivity contribution in [3.8, 4) is 0 Å². The second-order valence-electron chi connectivity index (χ2n) is 6.37. The number of hydrogen-bond acceptors (Lipinski definition) is 2. The van der Waals surface area contributed by atoms with Gasteiger partial charge in [-0.2, -0.15) is 0 Å². The van der Waals surface area contributed by atoms with Gasteiger partial charge in [-0.1, -0.05) is 29.8 Å². The first-order chi connectivity index (χ1) is 11.6. The predicted molar refractivity (Wildman–Crippen MR) is 95.9 cm³/mol. The smallest absolute Gasteiger partial charge is 0.227 e. The number of rotatable bonds is 6. The van der Waals surface area contributed by atoms with Crippen LogP contribution in [0.5, 0.6) is 0 Å². The summed E-state index contributed by atoms with van der Waals surface area (Å²) in [6, 6.07) is 15.5. The molecule has 1 fully saturated rings. The molecule has 0 bridgehead atoms. The van der Waals surface area contributed by atoms with Crippen LogP contribution in [0, 0.1) is 12.8 Å². The van der Waals surface area contributed by atoms with E-state index in [4.69, 9.17) is 0 Å². The van der Waals surface area contributed by atoms with Gasteiger partial charge in [-0.25, -0.2) is 0 Å². The number of hydrogen-bond donors (Lipinski definition) is 2. The Balaban J connectivity index is 1.47. The van der Waals surface area contributed by atoms with Crippen LogP contribution in [0.4, 0.5) is 11.4 Å². The van der Waals surface area contributed by atoms with Crippen LogP contribution in [0.25, 0.3) is 0 Å². The molecule has 0 heterocycles. The van der Waals surface area contributed by atoms with Crippen molar-refractivity contribution in [2.45, 2.75) is 32.6 Å². The van der Waals surface area contributed by atoms with Gasteiger partial charge in [-0.3, -0.25) is 9.59 Å². The van der Waals surface area contributed by atoms with E-state index in [1.807, 2.05) is 31.2 Å². The molecule has 0 aliphatic heterocycles. The first kappa shape index (κ1) is 16.2. The third kappa shape index (κ3) is 4.69. The Morgan fingerprint density at radius 1 is 0.917 bits per heavy atom. The maximum absolute atomic E-state index is 12.0. The summed E-state index contributed by atoms with van der Waals surface area (Å²) in [5, 5.41) is 5.77. The van der Waals surface area contributed by atoms with E-state index in [2.05, 4.69) is 34.9 Å². The van der Waals surface area contributed by atoms with Crippen LogP contribution in [-0.2, 0) is 16.0 Å². The highest BCUT2D eigenvalue weighted by atomic mass is 16.2. The van der Waals surface area contributed by atoms with Gasteiger partial charge in [0.25, 0.3) is 0 Å². The molecule has 3 rings (SSSR count). The lowest BCUT2D eigenvalue weighted by atomic mass is 10.1. The maximum atomic E-state index is 12.0. The fourth-order valence-corrected chi connectivity index (χ4v) is 2.46. The van der Waals surface area contributed by atoms with Crippen molar-refractivity contribution >= 4 is 23.2 Å². The molecule has 0 saturated heterocycles. The largest absolute Gasteiger partial charge is 0.326 e. The molecule has 2 N–H and O–H groups in total. The lowest BCUT2D eigenvalue weighted by Crippen LogP contribution is -2.14. The molecule has 0 unspecified atom stereocenters. The summed E-state index contributed by atoms with van der Waals surface area (Å²) in [5.41, 5.74) is 3.89. The summed E-state index contributed by atoms with van der Waals surface area (Å²) in [6.45, 7) is 2.05. The van der Waals surface area contributed by atoms with Crippen LogP contribution in [0.2, 0.25) is 0 Å². The van der Waals surface area contributed by atoms with Crippen LogP contribution in [0.15, 0.2) is 48.5 Å². The number of amides is 2.